The van der Waals surface area contributed by atoms with Crippen LogP contribution in [0.5, 0.6) is 0 Å². The van der Waals surface area contributed by atoms with Crippen molar-refractivity contribution in [3.63, 3.8) is 0 Å². The minimum absolute atomic E-state index is 0. The summed E-state index contributed by atoms with van der Waals surface area (Å²) in [5.41, 5.74) is 13.1. The summed E-state index contributed by atoms with van der Waals surface area (Å²) >= 11 is 0. The fourth-order valence-corrected chi connectivity index (χ4v) is 7.09. The van der Waals surface area contributed by atoms with Crippen molar-refractivity contribution < 1.29 is 28.9 Å². The molecule has 1 radical (unpaired) electrons. The molecule has 3 heterocycles. The van der Waals surface area contributed by atoms with Gasteiger partial charge in [0.15, 0.2) is 0 Å². The van der Waals surface area contributed by atoms with Crippen LogP contribution in [0.15, 0.2) is 140 Å². The van der Waals surface area contributed by atoms with Gasteiger partial charge in [0.25, 0.3) is 0 Å². The number of anilines is 1. The molecule has 5 aromatic carbocycles. The van der Waals surface area contributed by atoms with Crippen LogP contribution in [0.25, 0.3) is 56.0 Å². The molecular formula is C53H48F2IrN4-4. The van der Waals surface area contributed by atoms with E-state index < -0.39 is 0 Å². The van der Waals surface area contributed by atoms with Gasteiger partial charge in [-0.2, -0.15) is 0 Å². The Balaban J connectivity index is 0.000000211. The van der Waals surface area contributed by atoms with E-state index in [0.29, 0.717) is 40.3 Å². The molecular weight excluding hydrogens is 923 g/mol. The Morgan fingerprint density at radius 1 is 0.550 bits per heavy atom. The summed E-state index contributed by atoms with van der Waals surface area (Å²) in [7, 11) is 2.00. The predicted octanol–water partition coefficient (Wildman–Crippen LogP) is 13.9. The van der Waals surface area contributed by atoms with Crippen LogP contribution >= 0.6 is 0 Å². The van der Waals surface area contributed by atoms with E-state index in [-0.39, 0.29) is 31.7 Å². The van der Waals surface area contributed by atoms with Gasteiger partial charge in [0, 0.05) is 31.7 Å². The van der Waals surface area contributed by atoms with Gasteiger partial charge in [-0.25, -0.2) is 0 Å². The molecule has 0 saturated carbocycles. The van der Waals surface area contributed by atoms with E-state index in [2.05, 4.69) is 120 Å². The number of rotatable bonds is 9. The van der Waals surface area contributed by atoms with E-state index in [0.717, 1.165) is 28.2 Å². The summed E-state index contributed by atoms with van der Waals surface area (Å²) in [5, 5.41) is 0. The monoisotopic (exact) mass is 971 g/mol. The van der Waals surface area contributed by atoms with Crippen LogP contribution in [0.3, 0.4) is 0 Å². The standard InChI is InChI=1S/C32H31F2N.C21H17N3.Ir/c1-19(2)24-15-28(20(3)4)32(29(16-24)21(5)6)25-17-30(22-7-11-26(33)12-8-22)35-31(18-25)23-9-13-27(34)14-10-23;1-23-12-13-24(16-23)21-15-19(17-8-4-2-5-9-17)14-20(22-21)18-10-6-3-7-11-18;/h7,9,11-21H,1-6H3;2-10,12-16H,1H3;/q2*-2;. The molecule has 0 spiro atoms. The summed E-state index contributed by atoms with van der Waals surface area (Å²) in [6.45, 7) is 15.3. The molecule has 0 N–H and O–H groups in total. The van der Waals surface area contributed by atoms with Gasteiger partial charge in [-0.15, -0.1) is 102 Å². The molecule has 0 atom stereocenters. The Labute approximate surface area is 368 Å². The van der Waals surface area contributed by atoms with E-state index in [1.165, 1.54) is 52.1 Å². The number of hydrogen-bond acceptors (Lipinski definition) is 4. The van der Waals surface area contributed by atoms with E-state index in [4.69, 9.17) is 9.97 Å². The maximum Gasteiger partial charge on any atom is 0.0949 e. The molecule has 8 rings (SSSR count). The number of hydrogen-bond donors (Lipinski definition) is 0. The average Bonchev–Trinajstić information content (AvgIpc) is 3.70. The van der Waals surface area contributed by atoms with Crippen LogP contribution in [0.2, 0.25) is 0 Å². The van der Waals surface area contributed by atoms with Gasteiger partial charge in [0.05, 0.1) is 5.82 Å². The topological polar surface area (TPSA) is 32.3 Å². The zero-order chi connectivity index (χ0) is 41.6. The van der Waals surface area contributed by atoms with Gasteiger partial charge in [-0.3, -0.25) is 13.8 Å². The number of pyridine rings is 2. The summed E-state index contributed by atoms with van der Waals surface area (Å²) in [6.07, 6.45) is 4.01. The minimum Gasteiger partial charge on any atom is -0.510 e. The largest absolute Gasteiger partial charge is 0.510 e. The van der Waals surface area contributed by atoms with Gasteiger partial charge in [-0.1, -0.05) is 102 Å². The Hall–Kier alpha value is -5.75. The second-order valence-corrected chi connectivity index (χ2v) is 15.7. The molecule has 60 heavy (non-hydrogen) atoms. The van der Waals surface area contributed by atoms with Gasteiger partial charge >= 0.3 is 0 Å². The third-order valence-corrected chi connectivity index (χ3v) is 10.3. The fourth-order valence-electron chi connectivity index (χ4n) is 7.09. The molecule has 4 nitrogen and oxygen atoms in total. The van der Waals surface area contributed by atoms with E-state index in [1.807, 2.05) is 66.2 Å². The molecule has 0 saturated heterocycles. The summed E-state index contributed by atoms with van der Waals surface area (Å²) in [6, 6.07) is 49.5. The molecule has 0 aliphatic carbocycles. The van der Waals surface area contributed by atoms with Crippen LogP contribution < -0.4 is 4.90 Å². The smallest absolute Gasteiger partial charge is 0.0949 e. The molecule has 7 heteroatoms. The van der Waals surface area contributed by atoms with Crippen LogP contribution in [-0.2, 0) is 20.1 Å². The van der Waals surface area contributed by atoms with Crippen molar-refractivity contribution >= 4 is 5.82 Å². The van der Waals surface area contributed by atoms with Gasteiger partial charge in [0.2, 0.25) is 0 Å². The molecule has 0 unspecified atom stereocenters. The van der Waals surface area contributed by atoms with Gasteiger partial charge in [0.1, 0.15) is 0 Å². The normalized spacial score (nSPS) is 12.2. The third-order valence-electron chi connectivity index (χ3n) is 10.3. The van der Waals surface area contributed by atoms with Crippen LogP contribution in [0.1, 0.15) is 76.0 Å². The predicted molar refractivity (Wildman–Crippen MR) is 238 cm³/mol. The Morgan fingerprint density at radius 2 is 1.10 bits per heavy atom. The quantitative estimate of drug-likeness (QED) is 0.135. The fraction of sp³-hybridized carbons (Fsp3) is 0.189. The molecule has 0 amide bonds. The zero-order valence-electron chi connectivity index (χ0n) is 35.0. The Bertz CT molecular complexity index is 2380. The van der Waals surface area contributed by atoms with Crippen LogP contribution in [0.4, 0.5) is 14.6 Å². The molecule has 1 aliphatic rings. The average molecular weight is 971 g/mol. The molecule has 0 fully saturated rings. The first-order valence-corrected chi connectivity index (χ1v) is 20.1. The van der Waals surface area contributed by atoms with Crippen molar-refractivity contribution in [1.82, 2.24) is 14.9 Å². The van der Waals surface area contributed by atoms with Gasteiger partial charge < -0.3 is 14.8 Å². The minimum atomic E-state index is -0.342. The maximum atomic E-state index is 13.6. The van der Waals surface area contributed by atoms with E-state index in [9.17, 15) is 8.78 Å². The zero-order valence-corrected chi connectivity index (χ0v) is 37.4. The Kier molecular flexibility index (Phi) is 14.3. The molecule has 307 valence electrons. The first-order chi connectivity index (χ1) is 28.4. The molecule has 1 aliphatic heterocycles. The van der Waals surface area contributed by atoms with Crippen molar-refractivity contribution in [2.75, 3.05) is 11.9 Å². The molecule has 7 aromatic rings. The van der Waals surface area contributed by atoms with Crippen molar-refractivity contribution in [3.8, 4) is 56.0 Å². The second-order valence-electron chi connectivity index (χ2n) is 15.7. The first kappa shape index (κ1) is 43.8. The molecule has 2 aromatic heterocycles. The molecule has 0 bridgehead atoms. The van der Waals surface area contributed by atoms with E-state index in [1.54, 1.807) is 12.1 Å². The third kappa shape index (κ3) is 10.3. The maximum absolute atomic E-state index is 13.6. The van der Waals surface area contributed by atoms with Crippen molar-refractivity contribution in [1.29, 1.82) is 0 Å². The number of nitrogens with zero attached hydrogens (tertiary/aromatic N) is 4. The SMILES string of the molecule is CC(C)c1cc(C(C)C)c(-c2cc(-c3[c-]cc(F)cc3)nc(-c3[c-]cc(F)cc3)c2)c(C(C)C)c1.CN1C=CN(c2cc(-c3ccccc3)cc(-c3[c-]cccc3)n2)[CH-]1.[Ir]. The summed E-state index contributed by atoms with van der Waals surface area (Å²) in [4.78, 5) is 13.7. The second kappa shape index (κ2) is 19.5. The van der Waals surface area contributed by atoms with Crippen molar-refractivity contribution in [2.24, 2.45) is 0 Å². The van der Waals surface area contributed by atoms with Crippen LogP contribution in [0, 0.1) is 36.5 Å². The van der Waals surface area contributed by atoms with Gasteiger partial charge in [-0.05, 0) is 99.3 Å². The van der Waals surface area contributed by atoms with Crippen molar-refractivity contribution in [2.45, 2.75) is 59.3 Å². The first-order valence-electron chi connectivity index (χ1n) is 20.1. The van der Waals surface area contributed by atoms with Crippen molar-refractivity contribution in [3.05, 3.63) is 193 Å². The number of halogens is 2. The number of aromatic nitrogens is 2. The summed E-state index contributed by atoms with van der Waals surface area (Å²) < 4.78 is 27.2. The summed E-state index contributed by atoms with van der Waals surface area (Å²) in [5.74, 6) is 1.26. The van der Waals surface area contributed by atoms with Crippen LogP contribution in [-0.4, -0.2) is 21.9 Å². The Morgan fingerprint density at radius 3 is 1.58 bits per heavy atom. The van der Waals surface area contributed by atoms with E-state index >= 15 is 0 Å². The number of benzene rings is 5.